The smallest absolute Gasteiger partial charge is 0.153 e. The van der Waals surface area contributed by atoms with Gasteiger partial charge in [0.25, 0.3) is 0 Å². The molecule has 1 aromatic rings. The highest BCUT2D eigenvalue weighted by atomic mass is 16.1. The Morgan fingerprint density at radius 1 is 1.67 bits per heavy atom. The van der Waals surface area contributed by atoms with Crippen molar-refractivity contribution in [1.29, 1.82) is 0 Å². The third kappa shape index (κ3) is 1.24. The molecular weight excluding hydrogens is 152 g/mol. The minimum Gasteiger partial charge on any atom is -0.298 e. The van der Waals surface area contributed by atoms with Gasteiger partial charge in [-0.1, -0.05) is 5.92 Å². The lowest BCUT2D eigenvalue weighted by Gasteiger charge is -1.96. The number of hydrogen-bond donors (Lipinski definition) is 0. The fraction of sp³-hybridized carbons (Fsp3) is 0.333. The second-order valence-corrected chi connectivity index (χ2v) is 2.56. The third-order valence-electron chi connectivity index (χ3n) is 1.80. The molecule has 0 saturated carbocycles. The van der Waals surface area contributed by atoms with Crippen molar-refractivity contribution in [2.24, 2.45) is 0 Å². The predicted molar refractivity (Wildman–Crippen MR) is 45.9 cm³/mol. The standard InChI is InChI=1S/C9H10N2O/c1-4-5-11-8(3)9(6-12)7(2)10-11/h1,6H,5H2,2-3H3. The van der Waals surface area contributed by atoms with E-state index in [1.54, 1.807) is 11.6 Å². The van der Waals surface area contributed by atoms with E-state index in [1.807, 2.05) is 6.92 Å². The molecule has 0 amide bonds. The molecule has 0 N–H and O–H groups in total. The summed E-state index contributed by atoms with van der Waals surface area (Å²) in [5.74, 6) is 2.47. The molecular formula is C9H10N2O. The topological polar surface area (TPSA) is 34.9 Å². The quantitative estimate of drug-likeness (QED) is 0.479. The molecule has 0 fully saturated rings. The van der Waals surface area contributed by atoms with Crippen molar-refractivity contribution in [1.82, 2.24) is 9.78 Å². The van der Waals surface area contributed by atoms with Gasteiger partial charge in [-0.05, 0) is 13.8 Å². The van der Waals surface area contributed by atoms with Gasteiger partial charge in [-0.3, -0.25) is 9.48 Å². The lowest BCUT2D eigenvalue weighted by molar-refractivity contribution is 0.112. The van der Waals surface area contributed by atoms with Crippen LogP contribution in [0.25, 0.3) is 0 Å². The molecule has 0 saturated heterocycles. The van der Waals surface area contributed by atoms with Crippen LogP contribution in [0.5, 0.6) is 0 Å². The van der Waals surface area contributed by atoms with E-state index in [0.29, 0.717) is 12.1 Å². The fourth-order valence-corrected chi connectivity index (χ4v) is 1.12. The van der Waals surface area contributed by atoms with Gasteiger partial charge in [-0.2, -0.15) is 5.10 Å². The number of carbonyl (C=O) groups is 1. The molecule has 0 aliphatic heterocycles. The SMILES string of the molecule is C#CCn1nc(C)c(C=O)c1C. The maximum Gasteiger partial charge on any atom is 0.153 e. The van der Waals surface area contributed by atoms with Crippen molar-refractivity contribution in [3.8, 4) is 12.3 Å². The monoisotopic (exact) mass is 162 g/mol. The van der Waals surface area contributed by atoms with Gasteiger partial charge in [-0.25, -0.2) is 0 Å². The van der Waals surface area contributed by atoms with Gasteiger partial charge in [0.1, 0.15) is 6.54 Å². The molecule has 1 aromatic heterocycles. The molecule has 0 radical (unpaired) electrons. The van der Waals surface area contributed by atoms with Gasteiger partial charge in [0.05, 0.1) is 11.3 Å². The summed E-state index contributed by atoms with van der Waals surface area (Å²) in [6.07, 6.45) is 5.94. The first-order valence-corrected chi connectivity index (χ1v) is 3.63. The number of terminal acetylenes is 1. The summed E-state index contributed by atoms with van der Waals surface area (Å²) in [5, 5.41) is 4.11. The second kappa shape index (κ2) is 3.22. The van der Waals surface area contributed by atoms with Gasteiger partial charge < -0.3 is 0 Å². The van der Waals surface area contributed by atoms with Crippen molar-refractivity contribution in [3.05, 3.63) is 17.0 Å². The first-order chi connectivity index (χ1) is 5.70. The number of hydrogen-bond acceptors (Lipinski definition) is 2. The largest absolute Gasteiger partial charge is 0.298 e. The average Bonchev–Trinajstić information content (AvgIpc) is 2.29. The summed E-state index contributed by atoms with van der Waals surface area (Å²) in [6.45, 7) is 4.05. The van der Waals surface area contributed by atoms with E-state index in [2.05, 4.69) is 11.0 Å². The van der Waals surface area contributed by atoms with Crippen LogP contribution in [0.2, 0.25) is 0 Å². The van der Waals surface area contributed by atoms with Crippen LogP contribution in [0.3, 0.4) is 0 Å². The van der Waals surface area contributed by atoms with Crippen molar-refractivity contribution in [2.75, 3.05) is 0 Å². The summed E-state index contributed by atoms with van der Waals surface area (Å²) in [4.78, 5) is 10.6. The first-order valence-electron chi connectivity index (χ1n) is 3.63. The average molecular weight is 162 g/mol. The Balaban J connectivity index is 3.18. The van der Waals surface area contributed by atoms with Crippen molar-refractivity contribution < 1.29 is 4.79 Å². The Morgan fingerprint density at radius 3 is 2.75 bits per heavy atom. The number of rotatable bonds is 2. The molecule has 3 nitrogen and oxygen atoms in total. The van der Waals surface area contributed by atoms with E-state index in [9.17, 15) is 4.79 Å². The number of aromatic nitrogens is 2. The fourth-order valence-electron chi connectivity index (χ4n) is 1.12. The predicted octanol–water partition coefficient (Wildman–Crippen LogP) is 0.946. The van der Waals surface area contributed by atoms with E-state index in [-0.39, 0.29) is 0 Å². The number of nitrogens with zero attached hydrogens (tertiary/aromatic N) is 2. The van der Waals surface area contributed by atoms with Crippen LogP contribution in [0.15, 0.2) is 0 Å². The minimum atomic E-state index is 0.417. The summed E-state index contributed by atoms with van der Waals surface area (Å²) in [5.41, 5.74) is 2.21. The Labute approximate surface area is 71.4 Å². The molecule has 0 aliphatic carbocycles. The highest BCUT2D eigenvalue weighted by molar-refractivity contribution is 5.78. The molecule has 1 heterocycles. The maximum absolute atomic E-state index is 10.6. The maximum atomic E-state index is 10.6. The normalized spacial score (nSPS) is 9.42. The molecule has 0 atom stereocenters. The van der Waals surface area contributed by atoms with Crippen LogP contribution < -0.4 is 0 Å². The Kier molecular flexibility index (Phi) is 2.29. The van der Waals surface area contributed by atoms with Gasteiger partial charge in [-0.15, -0.1) is 6.42 Å². The molecule has 0 aliphatic rings. The second-order valence-electron chi connectivity index (χ2n) is 2.56. The van der Waals surface area contributed by atoms with Crippen molar-refractivity contribution in [2.45, 2.75) is 20.4 Å². The minimum absolute atomic E-state index is 0.417. The lowest BCUT2D eigenvalue weighted by atomic mass is 10.2. The summed E-state index contributed by atoms with van der Waals surface area (Å²) in [6, 6.07) is 0. The molecule has 62 valence electrons. The molecule has 1 rings (SSSR count). The number of aldehydes is 1. The third-order valence-corrected chi connectivity index (χ3v) is 1.80. The number of aryl methyl sites for hydroxylation is 1. The van der Waals surface area contributed by atoms with E-state index in [1.165, 1.54) is 0 Å². The van der Waals surface area contributed by atoms with Crippen LogP contribution in [-0.4, -0.2) is 16.1 Å². The van der Waals surface area contributed by atoms with Gasteiger partial charge >= 0.3 is 0 Å². The molecule has 0 spiro atoms. The molecule has 0 bridgehead atoms. The Bertz CT molecular complexity index is 344. The molecule has 0 unspecified atom stereocenters. The van der Waals surface area contributed by atoms with E-state index >= 15 is 0 Å². The van der Waals surface area contributed by atoms with Gasteiger partial charge in [0, 0.05) is 5.69 Å². The van der Waals surface area contributed by atoms with Crippen LogP contribution in [0, 0.1) is 26.2 Å². The van der Waals surface area contributed by atoms with Crippen LogP contribution in [0.1, 0.15) is 21.7 Å². The summed E-state index contributed by atoms with van der Waals surface area (Å²) < 4.78 is 1.65. The van der Waals surface area contributed by atoms with Crippen molar-refractivity contribution in [3.63, 3.8) is 0 Å². The lowest BCUT2D eigenvalue weighted by Crippen LogP contribution is -2.00. The highest BCUT2D eigenvalue weighted by Crippen LogP contribution is 2.09. The van der Waals surface area contributed by atoms with E-state index in [4.69, 9.17) is 6.42 Å². The first kappa shape index (κ1) is 8.54. The Hall–Kier alpha value is -1.56. The number of carbonyl (C=O) groups excluding carboxylic acids is 1. The molecule has 3 heteroatoms. The Morgan fingerprint density at radius 2 is 2.33 bits per heavy atom. The van der Waals surface area contributed by atoms with Crippen molar-refractivity contribution >= 4 is 6.29 Å². The molecule has 12 heavy (non-hydrogen) atoms. The van der Waals surface area contributed by atoms with E-state index < -0.39 is 0 Å². The summed E-state index contributed by atoms with van der Waals surface area (Å²) in [7, 11) is 0. The zero-order valence-corrected chi connectivity index (χ0v) is 7.16. The zero-order valence-electron chi connectivity index (χ0n) is 7.16. The zero-order chi connectivity index (χ0) is 9.14. The van der Waals surface area contributed by atoms with Crippen LogP contribution in [0.4, 0.5) is 0 Å². The van der Waals surface area contributed by atoms with Crippen LogP contribution in [-0.2, 0) is 6.54 Å². The molecule has 0 aromatic carbocycles. The highest BCUT2D eigenvalue weighted by Gasteiger charge is 2.08. The van der Waals surface area contributed by atoms with E-state index in [0.717, 1.165) is 17.7 Å². The summed E-state index contributed by atoms with van der Waals surface area (Å²) >= 11 is 0. The van der Waals surface area contributed by atoms with Gasteiger partial charge in [0.15, 0.2) is 6.29 Å². The van der Waals surface area contributed by atoms with Crippen LogP contribution >= 0.6 is 0 Å². The van der Waals surface area contributed by atoms with Gasteiger partial charge in [0.2, 0.25) is 0 Å².